The van der Waals surface area contributed by atoms with E-state index < -0.39 is 0 Å². The molecule has 1 aromatic carbocycles. The molecule has 0 unspecified atom stereocenters. The summed E-state index contributed by atoms with van der Waals surface area (Å²) in [5.74, 6) is 0. The molecule has 1 N–H and O–H groups in total. The maximum Gasteiger partial charge on any atom is 0.0642 e. The summed E-state index contributed by atoms with van der Waals surface area (Å²) in [5, 5.41) is 4.10. The Balaban J connectivity index is 2.70. The molecule has 0 aliphatic carbocycles. The lowest BCUT2D eigenvalue weighted by molar-refractivity contribution is 0.199. The highest BCUT2D eigenvalue weighted by Gasteiger charge is 2.13. The van der Waals surface area contributed by atoms with Crippen LogP contribution in [0, 0.1) is 0 Å². The molecule has 0 amide bonds. The molecule has 0 fully saturated rings. The van der Waals surface area contributed by atoms with Gasteiger partial charge in [0.25, 0.3) is 0 Å². The van der Waals surface area contributed by atoms with Gasteiger partial charge in [-0.05, 0) is 31.5 Å². The molecule has 0 aliphatic rings. The molecule has 0 spiro atoms. The number of halogens is 1. The van der Waals surface area contributed by atoms with E-state index in [0.29, 0.717) is 19.3 Å². The van der Waals surface area contributed by atoms with Gasteiger partial charge in [0.1, 0.15) is 0 Å². The lowest BCUT2D eigenvalue weighted by atomic mass is 10.1. The van der Waals surface area contributed by atoms with Crippen molar-refractivity contribution in [1.82, 2.24) is 5.32 Å². The Labute approximate surface area is 133 Å². The molecule has 0 heterocycles. The SMILES string of the molecule is COCCNCc1ccc(N(CCOC)C(C)C)c(Cl)c1. The highest BCUT2D eigenvalue weighted by Crippen LogP contribution is 2.28. The van der Waals surface area contributed by atoms with Gasteiger partial charge in [-0.3, -0.25) is 0 Å². The molecule has 0 atom stereocenters. The Kier molecular flexibility index (Phi) is 8.69. The van der Waals surface area contributed by atoms with E-state index in [1.54, 1.807) is 14.2 Å². The van der Waals surface area contributed by atoms with E-state index >= 15 is 0 Å². The quantitative estimate of drug-likeness (QED) is 0.673. The number of ether oxygens (including phenoxy) is 2. The molecular weight excluding hydrogens is 288 g/mol. The van der Waals surface area contributed by atoms with E-state index in [-0.39, 0.29) is 0 Å². The van der Waals surface area contributed by atoms with Gasteiger partial charge in [-0.1, -0.05) is 17.7 Å². The van der Waals surface area contributed by atoms with Crippen molar-refractivity contribution in [2.24, 2.45) is 0 Å². The van der Waals surface area contributed by atoms with Gasteiger partial charge in [0.05, 0.1) is 23.9 Å². The van der Waals surface area contributed by atoms with Crippen molar-refractivity contribution >= 4 is 17.3 Å². The van der Waals surface area contributed by atoms with Crippen molar-refractivity contribution in [3.8, 4) is 0 Å². The van der Waals surface area contributed by atoms with E-state index in [1.807, 2.05) is 6.07 Å². The highest BCUT2D eigenvalue weighted by molar-refractivity contribution is 6.33. The van der Waals surface area contributed by atoms with Crippen molar-refractivity contribution in [3.05, 3.63) is 28.8 Å². The Hall–Kier alpha value is -0.810. The summed E-state index contributed by atoms with van der Waals surface area (Å²) in [6.07, 6.45) is 0. The van der Waals surface area contributed by atoms with Crippen molar-refractivity contribution in [2.45, 2.75) is 26.4 Å². The minimum Gasteiger partial charge on any atom is -0.383 e. The number of hydrogen-bond acceptors (Lipinski definition) is 4. The second-order valence-electron chi connectivity index (χ2n) is 5.24. The zero-order chi connectivity index (χ0) is 15.7. The predicted molar refractivity (Wildman–Crippen MR) is 89.4 cm³/mol. The second kappa shape index (κ2) is 10.0. The molecule has 1 aromatic rings. The van der Waals surface area contributed by atoms with Gasteiger partial charge in [0.15, 0.2) is 0 Å². The largest absolute Gasteiger partial charge is 0.383 e. The summed E-state index contributed by atoms with van der Waals surface area (Å²) in [4.78, 5) is 2.26. The van der Waals surface area contributed by atoms with Crippen LogP contribution >= 0.6 is 11.6 Å². The van der Waals surface area contributed by atoms with Crippen molar-refractivity contribution in [2.75, 3.05) is 45.4 Å². The number of methoxy groups -OCH3 is 2. The molecule has 120 valence electrons. The first-order valence-corrected chi connectivity index (χ1v) is 7.71. The summed E-state index contributed by atoms with van der Waals surface area (Å²) in [6, 6.07) is 6.61. The molecule has 0 aromatic heterocycles. The van der Waals surface area contributed by atoms with Gasteiger partial charge in [-0.25, -0.2) is 0 Å². The Bertz CT molecular complexity index is 413. The maximum atomic E-state index is 6.45. The third kappa shape index (κ3) is 6.22. The fraction of sp³-hybridized carbons (Fsp3) is 0.625. The number of nitrogens with one attached hydrogen (secondary N) is 1. The van der Waals surface area contributed by atoms with E-state index in [1.165, 1.54) is 5.56 Å². The van der Waals surface area contributed by atoms with Crippen LogP contribution in [-0.4, -0.2) is 46.6 Å². The van der Waals surface area contributed by atoms with Crippen molar-refractivity contribution in [1.29, 1.82) is 0 Å². The van der Waals surface area contributed by atoms with Crippen LogP contribution in [0.5, 0.6) is 0 Å². The average Bonchev–Trinajstić information content (AvgIpc) is 2.45. The van der Waals surface area contributed by atoms with Crippen LogP contribution in [0.2, 0.25) is 5.02 Å². The first kappa shape index (κ1) is 18.2. The average molecular weight is 315 g/mol. The van der Waals surface area contributed by atoms with Gasteiger partial charge in [0.2, 0.25) is 0 Å². The number of rotatable bonds is 10. The maximum absolute atomic E-state index is 6.45. The van der Waals surface area contributed by atoms with E-state index in [2.05, 4.69) is 36.2 Å². The summed E-state index contributed by atoms with van der Waals surface area (Å²) in [6.45, 7) is 8.18. The van der Waals surface area contributed by atoms with Gasteiger partial charge in [-0.2, -0.15) is 0 Å². The zero-order valence-corrected chi connectivity index (χ0v) is 14.2. The van der Waals surface area contributed by atoms with Crippen LogP contribution < -0.4 is 10.2 Å². The van der Waals surface area contributed by atoms with Crippen LogP contribution in [0.3, 0.4) is 0 Å². The molecule has 21 heavy (non-hydrogen) atoms. The van der Waals surface area contributed by atoms with E-state index in [9.17, 15) is 0 Å². The van der Waals surface area contributed by atoms with Crippen molar-refractivity contribution < 1.29 is 9.47 Å². The second-order valence-corrected chi connectivity index (χ2v) is 5.64. The molecule has 4 nitrogen and oxygen atoms in total. The minimum atomic E-state index is 0.378. The minimum absolute atomic E-state index is 0.378. The summed E-state index contributed by atoms with van der Waals surface area (Å²) in [5.41, 5.74) is 2.24. The fourth-order valence-electron chi connectivity index (χ4n) is 2.15. The third-order valence-corrected chi connectivity index (χ3v) is 3.60. The van der Waals surface area contributed by atoms with Crippen LogP contribution in [0.4, 0.5) is 5.69 Å². The molecule has 0 saturated heterocycles. The zero-order valence-electron chi connectivity index (χ0n) is 13.5. The monoisotopic (exact) mass is 314 g/mol. The van der Waals surface area contributed by atoms with Gasteiger partial charge < -0.3 is 19.7 Å². The van der Waals surface area contributed by atoms with Gasteiger partial charge >= 0.3 is 0 Å². The van der Waals surface area contributed by atoms with Crippen molar-refractivity contribution in [3.63, 3.8) is 0 Å². The lowest BCUT2D eigenvalue weighted by Crippen LogP contribution is -2.34. The van der Waals surface area contributed by atoms with Crippen LogP contribution in [0.25, 0.3) is 0 Å². The molecule has 0 radical (unpaired) electrons. The molecule has 0 bridgehead atoms. The first-order valence-electron chi connectivity index (χ1n) is 7.33. The molecular formula is C16H27ClN2O2. The molecule has 5 heteroatoms. The molecule has 1 rings (SSSR count). The number of anilines is 1. The Morgan fingerprint density at radius 3 is 2.48 bits per heavy atom. The fourth-order valence-corrected chi connectivity index (χ4v) is 2.46. The third-order valence-electron chi connectivity index (χ3n) is 3.29. The predicted octanol–water partition coefficient (Wildman–Crippen LogP) is 2.94. The number of benzene rings is 1. The highest BCUT2D eigenvalue weighted by atomic mass is 35.5. The molecule has 0 saturated carbocycles. The van der Waals surface area contributed by atoms with Crippen LogP contribution in [-0.2, 0) is 16.0 Å². The van der Waals surface area contributed by atoms with Crippen LogP contribution in [0.1, 0.15) is 19.4 Å². The lowest BCUT2D eigenvalue weighted by Gasteiger charge is -2.29. The normalized spacial score (nSPS) is 11.1. The standard InChI is InChI=1S/C16H27ClN2O2/c1-13(2)19(8-10-21-4)16-6-5-14(11-15(16)17)12-18-7-9-20-3/h5-6,11,13,18H,7-10,12H2,1-4H3. The molecule has 0 aliphatic heterocycles. The number of nitrogens with zero attached hydrogens (tertiary/aromatic N) is 1. The van der Waals surface area contributed by atoms with E-state index in [4.69, 9.17) is 21.1 Å². The topological polar surface area (TPSA) is 33.7 Å². The summed E-state index contributed by atoms with van der Waals surface area (Å²) >= 11 is 6.45. The van der Waals surface area contributed by atoms with E-state index in [0.717, 1.165) is 30.3 Å². The van der Waals surface area contributed by atoms with Gasteiger partial charge in [-0.15, -0.1) is 0 Å². The Morgan fingerprint density at radius 2 is 1.90 bits per heavy atom. The Morgan fingerprint density at radius 1 is 1.19 bits per heavy atom. The summed E-state index contributed by atoms with van der Waals surface area (Å²) < 4.78 is 10.2. The van der Waals surface area contributed by atoms with Crippen LogP contribution in [0.15, 0.2) is 18.2 Å². The first-order chi connectivity index (χ1) is 10.1. The smallest absolute Gasteiger partial charge is 0.0642 e. The number of hydrogen-bond donors (Lipinski definition) is 1. The van der Waals surface area contributed by atoms with Gasteiger partial charge in [0, 0.05) is 39.9 Å². The summed E-state index contributed by atoms with van der Waals surface area (Å²) in [7, 11) is 3.42.